The second-order valence-electron chi connectivity index (χ2n) is 7.17. The molecular weight excluding hydrogens is 318 g/mol. The predicted molar refractivity (Wildman–Crippen MR) is 94.6 cm³/mol. The van der Waals surface area contributed by atoms with Crippen LogP contribution in [0.3, 0.4) is 0 Å². The summed E-state index contributed by atoms with van der Waals surface area (Å²) in [6.07, 6.45) is 7.38. The molecule has 1 amide bonds. The van der Waals surface area contributed by atoms with Gasteiger partial charge in [0.05, 0.1) is 12.0 Å². The Bertz CT molecular complexity index is 601. The summed E-state index contributed by atoms with van der Waals surface area (Å²) in [4.78, 5) is 25.1. The number of carboxylic acids is 1. The van der Waals surface area contributed by atoms with E-state index < -0.39 is 5.97 Å². The molecule has 1 N–H and O–H groups in total. The van der Waals surface area contributed by atoms with Crippen molar-refractivity contribution in [1.29, 1.82) is 0 Å². The average molecular weight is 345 g/mol. The Morgan fingerprint density at radius 2 is 1.84 bits per heavy atom. The van der Waals surface area contributed by atoms with Gasteiger partial charge in [-0.25, -0.2) is 0 Å². The summed E-state index contributed by atoms with van der Waals surface area (Å²) in [6.45, 7) is 1.11. The van der Waals surface area contributed by atoms with Gasteiger partial charge in [0.1, 0.15) is 5.75 Å². The molecule has 5 nitrogen and oxygen atoms in total. The molecule has 1 aliphatic carbocycles. The third kappa shape index (κ3) is 4.97. The molecule has 2 fully saturated rings. The number of ether oxygens (including phenoxy) is 1. The lowest BCUT2D eigenvalue weighted by molar-refractivity contribution is -0.145. The fourth-order valence-corrected chi connectivity index (χ4v) is 3.76. The highest BCUT2D eigenvalue weighted by atomic mass is 16.5. The zero-order valence-corrected chi connectivity index (χ0v) is 14.7. The molecule has 0 bridgehead atoms. The molecule has 1 saturated heterocycles. The molecule has 1 heterocycles. The van der Waals surface area contributed by atoms with Gasteiger partial charge in [-0.1, -0.05) is 12.1 Å². The van der Waals surface area contributed by atoms with Crippen LogP contribution in [0.1, 0.15) is 50.5 Å². The van der Waals surface area contributed by atoms with Crippen LogP contribution in [-0.4, -0.2) is 41.1 Å². The highest BCUT2D eigenvalue weighted by Crippen LogP contribution is 2.25. The molecule has 2 aliphatic rings. The van der Waals surface area contributed by atoms with E-state index in [1.165, 1.54) is 12.8 Å². The lowest BCUT2D eigenvalue weighted by Crippen LogP contribution is -2.40. The highest BCUT2D eigenvalue weighted by Gasteiger charge is 2.26. The number of likely N-dealkylation sites (tertiary alicyclic amines) is 1. The molecule has 3 rings (SSSR count). The van der Waals surface area contributed by atoms with Gasteiger partial charge in [-0.15, -0.1) is 0 Å². The van der Waals surface area contributed by atoms with Crippen molar-refractivity contribution in [1.82, 2.24) is 4.90 Å². The zero-order valence-electron chi connectivity index (χ0n) is 14.7. The maximum atomic E-state index is 12.4. The van der Waals surface area contributed by atoms with Gasteiger partial charge in [-0.05, 0) is 62.6 Å². The molecule has 136 valence electrons. The Balaban J connectivity index is 1.46. The van der Waals surface area contributed by atoms with Crippen LogP contribution in [-0.2, 0) is 16.0 Å². The molecule has 0 unspecified atom stereocenters. The molecule has 1 aliphatic heterocycles. The normalized spacial score (nSPS) is 19.1. The standard InChI is InChI=1S/C20H27NO4/c22-19(21-12-10-16(11-13-21)20(23)24)9-8-15-4-3-7-18(14-15)25-17-5-1-2-6-17/h3-4,7,14,16-17H,1-2,5-6,8-13H2,(H,23,24). The van der Waals surface area contributed by atoms with Crippen molar-refractivity contribution in [2.75, 3.05) is 13.1 Å². The minimum atomic E-state index is -0.744. The molecule has 0 aromatic heterocycles. The Kier molecular flexibility index (Phi) is 5.95. The fraction of sp³-hybridized carbons (Fsp3) is 0.600. The number of hydrogen-bond donors (Lipinski definition) is 1. The summed E-state index contributed by atoms with van der Waals surface area (Å²) in [6, 6.07) is 8.05. The van der Waals surface area contributed by atoms with Gasteiger partial charge in [0.25, 0.3) is 0 Å². The van der Waals surface area contributed by atoms with Crippen LogP contribution in [0.5, 0.6) is 5.75 Å². The minimum absolute atomic E-state index is 0.117. The monoisotopic (exact) mass is 345 g/mol. The van der Waals surface area contributed by atoms with Crippen LogP contribution >= 0.6 is 0 Å². The quantitative estimate of drug-likeness (QED) is 0.859. The fourth-order valence-electron chi connectivity index (χ4n) is 3.76. The SMILES string of the molecule is O=C(O)C1CCN(C(=O)CCc2cccc(OC3CCCC3)c2)CC1. The number of benzene rings is 1. The second-order valence-corrected chi connectivity index (χ2v) is 7.17. The van der Waals surface area contributed by atoms with Gasteiger partial charge in [0, 0.05) is 19.5 Å². The number of amides is 1. The summed E-state index contributed by atoms with van der Waals surface area (Å²) < 4.78 is 6.02. The first-order chi connectivity index (χ1) is 12.1. The number of hydrogen-bond acceptors (Lipinski definition) is 3. The number of aliphatic carboxylic acids is 1. The van der Waals surface area contributed by atoms with E-state index >= 15 is 0 Å². The molecule has 1 saturated carbocycles. The van der Waals surface area contributed by atoms with E-state index in [-0.39, 0.29) is 11.8 Å². The van der Waals surface area contributed by atoms with E-state index in [0.29, 0.717) is 44.9 Å². The van der Waals surface area contributed by atoms with Crippen LogP contribution in [0.25, 0.3) is 0 Å². The third-order valence-corrected chi connectivity index (χ3v) is 5.33. The van der Waals surface area contributed by atoms with Crippen molar-refractivity contribution in [3.05, 3.63) is 29.8 Å². The van der Waals surface area contributed by atoms with Crippen molar-refractivity contribution in [3.8, 4) is 5.75 Å². The molecule has 5 heteroatoms. The van der Waals surface area contributed by atoms with Crippen LogP contribution in [0.2, 0.25) is 0 Å². The maximum absolute atomic E-state index is 12.4. The Labute approximate surface area is 149 Å². The van der Waals surface area contributed by atoms with E-state index in [2.05, 4.69) is 0 Å². The van der Waals surface area contributed by atoms with E-state index in [4.69, 9.17) is 9.84 Å². The number of aryl methyl sites for hydroxylation is 1. The van der Waals surface area contributed by atoms with Crippen molar-refractivity contribution in [2.24, 2.45) is 5.92 Å². The topological polar surface area (TPSA) is 66.8 Å². The predicted octanol–water partition coefficient (Wildman–Crippen LogP) is 3.26. The zero-order chi connectivity index (χ0) is 17.6. The van der Waals surface area contributed by atoms with Crippen LogP contribution in [0.4, 0.5) is 0 Å². The summed E-state index contributed by atoms with van der Waals surface area (Å²) in [7, 11) is 0. The van der Waals surface area contributed by atoms with Gasteiger partial charge in [-0.2, -0.15) is 0 Å². The van der Waals surface area contributed by atoms with E-state index in [1.807, 2.05) is 24.3 Å². The average Bonchev–Trinajstić information content (AvgIpc) is 3.13. The van der Waals surface area contributed by atoms with Crippen LogP contribution in [0.15, 0.2) is 24.3 Å². The minimum Gasteiger partial charge on any atom is -0.490 e. The first kappa shape index (κ1) is 17.8. The molecule has 1 aromatic rings. The first-order valence-corrected chi connectivity index (χ1v) is 9.38. The van der Waals surface area contributed by atoms with E-state index in [9.17, 15) is 9.59 Å². The molecule has 25 heavy (non-hydrogen) atoms. The molecule has 0 radical (unpaired) electrons. The number of carbonyl (C=O) groups is 2. The summed E-state index contributed by atoms with van der Waals surface area (Å²) >= 11 is 0. The van der Waals surface area contributed by atoms with Crippen LogP contribution < -0.4 is 4.74 Å². The summed E-state index contributed by atoms with van der Waals surface area (Å²) in [5.41, 5.74) is 1.12. The Hall–Kier alpha value is -2.04. The molecule has 0 spiro atoms. The number of piperidine rings is 1. The van der Waals surface area contributed by atoms with Gasteiger partial charge in [0.15, 0.2) is 0 Å². The highest BCUT2D eigenvalue weighted by molar-refractivity contribution is 5.77. The smallest absolute Gasteiger partial charge is 0.306 e. The first-order valence-electron chi connectivity index (χ1n) is 9.38. The number of nitrogens with zero attached hydrogens (tertiary/aromatic N) is 1. The number of rotatable bonds is 6. The van der Waals surface area contributed by atoms with Crippen molar-refractivity contribution < 1.29 is 19.4 Å². The summed E-state index contributed by atoms with van der Waals surface area (Å²) in [5.74, 6) is -0.0234. The molecule has 1 aromatic carbocycles. The van der Waals surface area contributed by atoms with Crippen molar-refractivity contribution >= 4 is 11.9 Å². The van der Waals surface area contributed by atoms with Crippen LogP contribution in [0, 0.1) is 5.92 Å². The number of carboxylic acid groups (broad SMARTS) is 1. The van der Waals surface area contributed by atoms with Gasteiger partial charge < -0.3 is 14.7 Å². The van der Waals surface area contributed by atoms with Gasteiger partial charge in [-0.3, -0.25) is 9.59 Å². The van der Waals surface area contributed by atoms with Crippen molar-refractivity contribution in [3.63, 3.8) is 0 Å². The molecular formula is C20H27NO4. The van der Waals surface area contributed by atoms with E-state index in [0.717, 1.165) is 24.2 Å². The maximum Gasteiger partial charge on any atom is 0.306 e. The van der Waals surface area contributed by atoms with Gasteiger partial charge >= 0.3 is 5.97 Å². The van der Waals surface area contributed by atoms with Crippen molar-refractivity contribution in [2.45, 2.75) is 57.5 Å². The largest absolute Gasteiger partial charge is 0.490 e. The van der Waals surface area contributed by atoms with Gasteiger partial charge in [0.2, 0.25) is 5.91 Å². The lowest BCUT2D eigenvalue weighted by Gasteiger charge is -2.30. The second kappa shape index (κ2) is 8.37. The number of carbonyl (C=O) groups excluding carboxylic acids is 1. The summed E-state index contributed by atoms with van der Waals surface area (Å²) in [5, 5.41) is 9.03. The Morgan fingerprint density at radius 1 is 1.12 bits per heavy atom. The third-order valence-electron chi connectivity index (χ3n) is 5.33. The molecule has 0 atom stereocenters. The Morgan fingerprint density at radius 3 is 2.52 bits per heavy atom. The van der Waals surface area contributed by atoms with E-state index in [1.54, 1.807) is 4.90 Å². The lowest BCUT2D eigenvalue weighted by atomic mass is 9.96.